The Hall–Kier alpha value is -0.720. The third-order valence-corrected chi connectivity index (χ3v) is 5.37. The predicted octanol–water partition coefficient (Wildman–Crippen LogP) is 2.22. The SMILES string of the molecule is CCC(=O)c1sc(N2CCC(O)C2)c(SC)c1N. The highest BCUT2D eigenvalue weighted by Gasteiger charge is 2.27. The van der Waals surface area contributed by atoms with E-state index in [1.165, 1.54) is 11.3 Å². The van der Waals surface area contributed by atoms with Crippen LogP contribution in [0.15, 0.2) is 4.90 Å². The standard InChI is InChI=1S/C12H18N2O2S2/c1-3-8(16)10-9(13)11(17-2)12(18-10)14-5-4-7(15)6-14/h7,15H,3-6,13H2,1-2H3. The molecule has 0 aromatic carbocycles. The number of nitrogens with two attached hydrogens (primary N) is 1. The van der Waals surface area contributed by atoms with Crippen molar-refractivity contribution in [3.63, 3.8) is 0 Å². The van der Waals surface area contributed by atoms with Gasteiger partial charge in [-0.15, -0.1) is 23.1 Å². The zero-order chi connectivity index (χ0) is 13.3. The molecule has 1 aromatic heterocycles. The van der Waals surface area contributed by atoms with Crippen LogP contribution in [0.2, 0.25) is 0 Å². The topological polar surface area (TPSA) is 66.6 Å². The molecule has 1 aliphatic heterocycles. The summed E-state index contributed by atoms with van der Waals surface area (Å²) in [6, 6.07) is 0. The molecule has 0 saturated carbocycles. The van der Waals surface area contributed by atoms with Crippen LogP contribution in [0.3, 0.4) is 0 Å². The lowest BCUT2D eigenvalue weighted by atomic mass is 10.2. The van der Waals surface area contributed by atoms with Gasteiger partial charge in [0.2, 0.25) is 0 Å². The van der Waals surface area contributed by atoms with Crippen molar-refractivity contribution in [1.29, 1.82) is 0 Å². The number of ketones is 1. The third kappa shape index (κ3) is 2.37. The van der Waals surface area contributed by atoms with Crippen molar-refractivity contribution >= 4 is 39.6 Å². The number of anilines is 2. The van der Waals surface area contributed by atoms with Crippen molar-refractivity contribution in [2.24, 2.45) is 0 Å². The molecule has 1 aliphatic rings. The first kappa shape index (κ1) is 13.7. The molecule has 3 N–H and O–H groups in total. The number of thioether (sulfide) groups is 1. The fourth-order valence-corrected chi connectivity index (χ4v) is 4.34. The van der Waals surface area contributed by atoms with Crippen LogP contribution in [0.4, 0.5) is 10.7 Å². The van der Waals surface area contributed by atoms with Crippen LogP contribution < -0.4 is 10.6 Å². The van der Waals surface area contributed by atoms with Gasteiger partial charge < -0.3 is 15.7 Å². The summed E-state index contributed by atoms with van der Waals surface area (Å²) in [5, 5.41) is 10.6. The number of thiophene rings is 1. The summed E-state index contributed by atoms with van der Waals surface area (Å²) in [6.07, 6.45) is 2.95. The average Bonchev–Trinajstić information content (AvgIpc) is 2.92. The summed E-state index contributed by atoms with van der Waals surface area (Å²) in [5.74, 6) is 0.0961. The smallest absolute Gasteiger partial charge is 0.174 e. The Morgan fingerprint density at radius 2 is 2.39 bits per heavy atom. The minimum absolute atomic E-state index is 0.0961. The molecule has 6 heteroatoms. The number of β-amino-alcohol motifs (C(OH)–C–C–N with tert-alkyl or cyclic N) is 1. The number of nitrogen functional groups attached to an aromatic ring is 1. The fourth-order valence-electron chi connectivity index (χ4n) is 2.12. The summed E-state index contributed by atoms with van der Waals surface area (Å²) in [5.41, 5.74) is 6.68. The second kappa shape index (κ2) is 5.50. The van der Waals surface area contributed by atoms with Crippen molar-refractivity contribution in [3.8, 4) is 0 Å². The van der Waals surface area contributed by atoms with Gasteiger partial charge in [0.25, 0.3) is 0 Å². The van der Waals surface area contributed by atoms with Gasteiger partial charge in [0.05, 0.1) is 21.6 Å². The summed E-state index contributed by atoms with van der Waals surface area (Å²) < 4.78 is 0. The highest BCUT2D eigenvalue weighted by molar-refractivity contribution is 7.99. The van der Waals surface area contributed by atoms with E-state index in [-0.39, 0.29) is 11.9 Å². The average molecular weight is 286 g/mol. The monoisotopic (exact) mass is 286 g/mol. The number of rotatable bonds is 4. The minimum Gasteiger partial charge on any atom is -0.396 e. The lowest BCUT2D eigenvalue weighted by molar-refractivity contribution is 0.0992. The van der Waals surface area contributed by atoms with E-state index in [0.29, 0.717) is 23.5 Å². The van der Waals surface area contributed by atoms with Crippen molar-refractivity contribution in [2.75, 3.05) is 30.0 Å². The van der Waals surface area contributed by atoms with Crippen LogP contribution in [0, 0.1) is 0 Å². The van der Waals surface area contributed by atoms with Gasteiger partial charge in [-0.25, -0.2) is 0 Å². The molecule has 2 rings (SSSR count). The van der Waals surface area contributed by atoms with Gasteiger partial charge in [0.1, 0.15) is 5.00 Å². The normalized spacial score (nSPS) is 19.5. The molecule has 100 valence electrons. The van der Waals surface area contributed by atoms with E-state index in [4.69, 9.17) is 5.73 Å². The first-order valence-corrected chi connectivity index (χ1v) is 8.05. The first-order chi connectivity index (χ1) is 8.58. The van der Waals surface area contributed by atoms with Gasteiger partial charge in [-0.2, -0.15) is 0 Å². The van der Waals surface area contributed by atoms with Crippen LogP contribution >= 0.6 is 23.1 Å². The maximum Gasteiger partial charge on any atom is 0.174 e. The molecule has 1 atom stereocenters. The summed E-state index contributed by atoms with van der Waals surface area (Å²) in [6.45, 7) is 3.31. The number of hydrogen-bond acceptors (Lipinski definition) is 6. The predicted molar refractivity (Wildman–Crippen MR) is 78.0 cm³/mol. The van der Waals surface area contributed by atoms with E-state index in [1.807, 2.05) is 13.2 Å². The number of aliphatic hydroxyl groups excluding tert-OH is 1. The molecule has 1 saturated heterocycles. The maximum absolute atomic E-state index is 11.8. The van der Waals surface area contributed by atoms with Gasteiger partial charge >= 0.3 is 0 Å². The second-order valence-electron chi connectivity index (χ2n) is 4.35. The molecule has 0 amide bonds. The molecule has 1 unspecified atom stereocenters. The number of Topliss-reactive ketones (excluding diaryl/α,β-unsaturated/α-hetero) is 1. The summed E-state index contributed by atoms with van der Waals surface area (Å²) >= 11 is 3.03. The highest BCUT2D eigenvalue weighted by Crippen LogP contribution is 2.45. The van der Waals surface area contributed by atoms with E-state index in [0.717, 1.165) is 22.9 Å². The van der Waals surface area contributed by atoms with Gasteiger partial charge in [-0.3, -0.25) is 4.79 Å². The Morgan fingerprint density at radius 1 is 1.67 bits per heavy atom. The Balaban J connectivity index is 2.38. The largest absolute Gasteiger partial charge is 0.396 e. The van der Waals surface area contributed by atoms with Crippen molar-refractivity contribution in [1.82, 2.24) is 0 Å². The van der Waals surface area contributed by atoms with Crippen LogP contribution in [0.1, 0.15) is 29.4 Å². The quantitative estimate of drug-likeness (QED) is 0.656. The molecule has 0 spiro atoms. The van der Waals surface area contributed by atoms with Gasteiger partial charge in [0, 0.05) is 19.5 Å². The van der Waals surface area contributed by atoms with E-state index in [1.54, 1.807) is 11.8 Å². The Morgan fingerprint density at radius 3 is 2.89 bits per heavy atom. The lowest BCUT2D eigenvalue weighted by Crippen LogP contribution is -2.20. The van der Waals surface area contributed by atoms with E-state index in [2.05, 4.69) is 4.90 Å². The third-order valence-electron chi connectivity index (χ3n) is 3.11. The second-order valence-corrected chi connectivity index (χ2v) is 6.16. The maximum atomic E-state index is 11.8. The van der Waals surface area contributed by atoms with E-state index < -0.39 is 0 Å². The number of aliphatic hydroxyl groups is 1. The van der Waals surface area contributed by atoms with Crippen molar-refractivity contribution in [2.45, 2.75) is 30.8 Å². The summed E-state index contributed by atoms with van der Waals surface area (Å²) in [4.78, 5) is 15.6. The van der Waals surface area contributed by atoms with Crippen molar-refractivity contribution < 1.29 is 9.90 Å². The molecule has 4 nitrogen and oxygen atoms in total. The number of carbonyl (C=O) groups is 1. The van der Waals surface area contributed by atoms with Crippen LogP contribution in [0.25, 0.3) is 0 Å². The van der Waals surface area contributed by atoms with Gasteiger partial charge in [-0.1, -0.05) is 6.92 Å². The van der Waals surface area contributed by atoms with Crippen LogP contribution in [0.5, 0.6) is 0 Å². The zero-order valence-corrected chi connectivity index (χ0v) is 12.2. The first-order valence-electron chi connectivity index (χ1n) is 6.00. The van der Waals surface area contributed by atoms with Crippen molar-refractivity contribution in [3.05, 3.63) is 4.88 Å². The number of nitrogens with zero attached hydrogens (tertiary/aromatic N) is 1. The van der Waals surface area contributed by atoms with Gasteiger partial charge in [-0.05, 0) is 12.7 Å². The Bertz CT molecular complexity index is 459. The minimum atomic E-state index is -0.270. The zero-order valence-electron chi connectivity index (χ0n) is 10.6. The molecule has 18 heavy (non-hydrogen) atoms. The molecule has 1 fully saturated rings. The Kier molecular flexibility index (Phi) is 4.19. The molecule has 0 radical (unpaired) electrons. The summed E-state index contributed by atoms with van der Waals surface area (Å²) in [7, 11) is 0. The molecular weight excluding hydrogens is 268 g/mol. The Labute approximate surface area is 115 Å². The van der Waals surface area contributed by atoms with Crippen LogP contribution in [-0.2, 0) is 0 Å². The number of hydrogen-bond donors (Lipinski definition) is 2. The fraction of sp³-hybridized carbons (Fsp3) is 0.583. The van der Waals surface area contributed by atoms with Crippen LogP contribution in [-0.4, -0.2) is 36.3 Å². The number of carbonyl (C=O) groups excluding carboxylic acids is 1. The molecule has 0 bridgehead atoms. The molecule has 1 aromatic rings. The molecule has 2 heterocycles. The molecule has 0 aliphatic carbocycles. The van der Waals surface area contributed by atoms with Gasteiger partial charge in [0.15, 0.2) is 5.78 Å². The van der Waals surface area contributed by atoms with E-state index >= 15 is 0 Å². The lowest BCUT2D eigenvalue weighted by Gasteiger charge is -2.16. The highest BCUT2D eigenvalue weighted by atomic mass is 32.2. The van der Waals surface area contributed by atoms with E-state index in [9.17, 15) is 9.90 Å². The molecular formula is C12H18N2O2S2.